The Morgan fingerprint density at radius 2 is 0.852 bits per heavy atom. The molecule has 54 heavy (non-hydrogen) atoms. The average molecular weight is 747 g/mol. The number of rotatable bonds is 26. The Kier molecular flexibility index (Phi) is 22.0. The first kappa shape index (κ1) is 45.0. The summed E-state index contributed by atoms with van der Waals surface area (Å²) >= 11 is 0. The van der Waals surface area contributed by atoms with Crippen LogP contribution in [0.5, 0.6) is 0 Å². The van der Waals surface area contributed by atoms with E-state index >= 15 is 0 Å². The van der Waals surface area contributed by atoms with Gasteiger partial charge in [-0.25, -0.2) is 9.59 Å². The lowest BCUT2D eigenvalue weighted by atomic mass is 9.80. The molecule has 1 saturated carbocycles. The highest BCUT2D eigenvalue weighted by Gasteiger charge is 2.28. The van der Waals surface area contributed by atoms with Crippen molar-refractivity contribution in [3.8, 4) is 0 Å². The van der Waals surface area contributed by atoms with E-state index in [-0.39, 0.29) is 12.1 Å². The summed E-state index contributed by atoms with van der Waals surface area (Å²) in [6.45, 7) is 7.66. The SMILES string of the molecule is CCCCCCCCCCN(C[C@@H]1CCC[C@H](CN(CCCCCCCCCC)C(=O)Nc2ccc(N(C)C)cc2)C1)C(=O)Nc1ccc(N(C)C)cc1. The van der Waals surface area contributed by atoms with Crippen LogP contribution in [0, 0.1) is 11.8 Å². The minimum atomic E-state index is 0.00801. The van der Waals surface area contributed by atoms with E-state index < -0.39 is 0 Å². The molecule has 1 fully saturated rings. The van der Waals surface area contributed by atoms with Crippen molar-refractivity contribution in [3.05, 3.63) is 48.5 Å². The second-order valence-electron chi connectivity index (χ2n) is 16.5. The third kappa shape index (κ3) is 17.8. The number of benzene rings is 2. The summed E-state index contributed by atoms with van der Waals surface area (Å²) < 4.78 is 0. The molecule has 1 aliphatic carbocycles. The maximum absolute atomic E-state index is 13.8. The minimum absolute atomic E-state index is 0.00801. The molecule has 8 heteroatoms. The van der Waals surface area contributed by atoms with E-state index in [9.17, 15) is 9.59 Å². The van der Waals surface area contributed by atoms with Crippen molar-refractivity contribution in [2.75, 3.05) is 74.8 Å². The lowest BCUT2D eigenvalue weighted by Crippen LogP contribution is -2.43. The van der Waals surface area contributed by atoms with Crippen LogP contribution in [0.1, 0.15) is 142 Å². The molecule has 4 amide bonds. The van der Waals surface area contributed by atoms with Crippen molar-refractivity contribution in [1.29, 1.82) is 0 Å². The molecule has 8 nitrogen and oxygen atoms in total. The maximum atomic E-state index is 13.8. The van der Waals surface area contributed by atoms with Crippen LogP contribution in [0.15, 0.2) is 48.5 Å². The number of urea groups is 2. The molecule has 0 bridgehead atoms. The first-order valence-electron chi connectivity index (χ1n) is 21.9. The van der Waals surface area contributed by atoms with Gasteiger partial charge in [0.1, 0.15) is 0 Å². The summed E-state index contributed by atoms with van der Waals surface area (Å²) in [4.78, 5) is 35.9. The number of nitrogens with one attached hydrogen (secondary N) is 2. The third-order valence-electron chi connectivity index (χ3n) is 11.3. The summed E-state index contributed by atoms with van der Waals surface area (Å²) in [7, 11) is 8.12. The smallest absolute Gasteiger partial charge is 0.321 e. The van der Waals surface area contributed by atoms with Gasteiger partial charge in [-0.05, 0) is 92.5 Å². The number of carbonyl (C=O) groups is 2. The molecule has 0 spiro atoms. The maximum Gasteiger partial charge on any atom is 0.321 e. The molecule has 2 aromatic rings. The van der Waals surface area contributed by atoms with Gasteiger partial charge in [0.2, 0.25) is 0 Å². The van der Waals surface area contributed by atoms with Crippen molar-refractivity contribution in [2.45, 2.75) is 142 Å². The standard InChI is InChI=1S/C46H78N6O2/c1-7-9-11-13-15-17-19-21-34-51(45(53)47-41-26-30-43(31-27-41)49(3)4)37-39-24-23-25-40(36-39)38-52(35-22-20-18-16-14-12-10-8-2)46(54)48-42-28-32-44(33-29-42)50(5)6/h26-33,39-40H,7-25,34-38H2,1-6H3,(H,47,53)(H,48,54)/t39-,40+. The van der Waals surface area contributed by atoms with E-state index in [0.29, 0.717) is 11.8 Å². The zero-order valence-corrected chi connectivity index (χ0v) is 35.3. The van der Waals surface area contributed by atoms with Crippen LogP contribution >= 0.6 is 0 Å². The summed E-state index contributed by atoms with van der Waals surface area (Å²) in [6, 6.07) is 16.2. The van der Waals surface area contributed by atoms with Crippen LogP contribution in [0.4, 0.5) is 32.3 Å². The van der Waals surface area contributed by atoms with Crippen molar-refractivity contribution in [3.63, 3.8) is 0 Å². The molecule has 0 radical (unpaired) electrons. The fourth-order valence-electron chi connectivity index (χ4n) is 7.87. The van der Waals surface area contributed by atoms with E-state index in [2.05, 4.69) is 68.3 Å². The molecule has 3 rings (SSSR count). The second-order valence-corrected chi connectivity index (χ2v) is 16.5. The number of anilines is 4. The molecule has 2 aromatic carbocycles. The van der Waals surface area contributed by atoms with Gasteiger partial charge in [0.25, 0.3) is 0 Å². The van der Waals surface area contributed by atoms with Gasteiger partial charge in [-0.3, -0.25) is 0 Å². The van der Waals surface area contributed by atoms with Gasteiger partial charge in [-0.2, -0.15) is 0 Å². The molecule has 0 saturated heterocycles. The van der Waals surface area contributed by atoms with Gasteiger partial charge in [-0.15, -0.1) is 0 Å². The van der Waals surface area contributed by atoms with Crippen LogP contribution < -0.4 is 20.4 Å². The highest BCUT2D eigenvalue weighted by molar-refractivity contribution is 5.90. The highest BCUT2D eigenvalue weighted by Crippen LogP contribution is 2.31. The number of amides is 4. The fourth-order valence-corrected chi connectivity index (χ4v) is 7.87. The number of unbranched alkanes of at least 4 members (excludes halogenated alkanes) is 14. The van der Waals surface area contributed by atoms with Crippen LogP contribution in [0.2, 0.25) is 0 Å². The molecular formula is C46H78N6O2. The summed E-state index contributed by atoms with van der Waals surface area (Å²) in [5.74, 6) is 0.873. The Labute approximate surface area is 330 Å². The minimum Gasteiger partial charge on any atom is -0.378 e. The average Bonchev–Trinajstić information content (AvgIpc) is 3.16. The third-order valence-corrected chi connectivity index (χ3v) is 11.3. The van der Waals surface area contributed by atoms with Gasteiger partial charge in [0.15, 0.2) is 0 Å². The Morgan fingerprint density at radius 1 is 0.519 bits per heavy atom. The van der Waals surface area contributed by atoms with Crippen LogP contribution in [-0.2, 0) is 0 Å². The molecule has 1 aliphatic rings. The largest absolute Gasteiger partial charge is 0.378 e. The lowest BCUT2D eigenvalue weighted by Gasteiger charge is -2.36. The highest BCUT2D eigenvalue weighted by atomic mass is 16.2. The van der Waals surface area contributed by atoms with Gasteiger partial charge in [-0.1, -0.05) is 110 Å². The zero-order chi connectivity index (χ0) is 39.0. The number of carbonyl (C=O) groups excluding carboxylic acids is 2. The summed E-state index contributed by atoms with van der Waals surface area (Å²) in [5.41, 5.74) is 3.91. The van der Waals surface area contributed by atoms with Crippen LogP contribution in [0.3, 0.4) is 0 Å². The molecule has 0 unspecified atom stereocenters. The molecule has 0 aromatic heterocycles. The number of hydrogen-bond donors (Lipinski definition) is 2. The van der Waals surface area contributed by atoms with Gasteiger partial charge >= 0.3 is 12.1 Å². The Morgan fingerprint density at radius 3 is 1.19 bits per heavy atom. The van der Waals surface area contributed by atoms with E-state index in [1.807, 2.05) is 52.5 Å². The molecule has 2 atom stereocenters. The van der Waals surface area contributed by atoms with Crippen molar-refractivity contribution in [1.82, 2.24) is 9.80 Å². The van der Waals surface area contributed by atoms with Gasteiger partial charge in [0, 0.05) is 77.1 Å². The summed E-state index contributed by atoms with van der Waals surface area (Å²) in [6.07, 6.45) is 24.5. The quantitative estimate of drug-likeness (QED) is 0.0940. The van der Waals surface area contributed by atoms with Gasteiger partial charge in [0.05, 0.1) is 0 Å². The van der Waals surface area contributed by atoms with Crippen molar-refractivity contribution >= 4 is 34.8 Å². The molecular weight excluding hydrogens is 669 g/mol. The normalized spacial score (nSPS) is 15.4. The molecule has 0 aliphatic heterocycles. The Hall–Kier alpha value is -3.42. The Bertz CT molecular complexity index is 1180. The van der Waals surface area contributed by atoms with E-state index in [4.69, 9.17) is 0 Å². The predicted molar refractivity (Wildman–Crippen MR) is 233 cm³/mol. The molecule has 2 N–H and O–H groups in total. The lowest BCUT2D eigenvalue weighted by molar-refractivity contribution is 0.153. The monoisotopic (exact) mass is 747 g/mol. The van der Waals surface area contributed by atoms with E-state index in [0.717, 1.165) is 87.5 Å². The van der Waals surface area contributed by atoms with E-state index in [1.165, 1.54) is 89.9 Å². The zero-order valence-electron chi connectivity index (χ0n) is 35.3. The van der Waals surface area contributed by atoms with Crippen LogP contribution in [-0.4, -0.2) is 76.2 Å². The molecule has 304 valence electrons. The first-order chi connectivity index (χ1) is 26.2. The van der Waals surface area contributed by atoms with Gasteiger partial charge < -0.3 is 30.2 Å². The predicted octanol–water partition coefficient (Wildman–Crippen LogP) is 12.3. The topological polar surface area (TPSA) is 71.2 Å². The summed E-state index contributed by atoms with van der Waals surface area (Å²) in [5, 5.41) is 6.43. The van der Waals surface area contributed by atoms with E-state index in [1.54, 1.807) is 0 Å². The fraction of sp³-hybridized carbons (Fsp3) is 0.696. The molecule has 0 heterocycles. The van der Waals surface area contributed by atoms with Crippen molar-refractivity contribution in [2.24, 2.45) is 11.8 Å². The number of hydrogen-bond acceptors (Lipinski definition) is 4. The second kappa shape index (κ2) is 26.4. The van der Waals surface area contributed by atoms with Crippen LogP contribution in [0.25, 0.3) is 0 Å². The first-order valence-corrected chi connectivity index (χ1v) is 21.9. The van der Waals surface area contributed by atoms with Crippen molar-refractivity contribution < 1.29 is 9.59 Å². The Balaban J connectivity index is 1.62. The number of nitrogens with zero attached hydrogens (tertiary/aromatic N) is 4.